The van der Waals surface area contributed by atoms with Crippen molar-refractivity contribution in [3.63, 3.8) is 0 Å². The van der Waals surface area contributed by atoms with Crippen molar-refractivity contribution in [2.45, 2.75) is 32.7 Å². The molecule has 2 aromatic carbocycles. The molecular formula is C22H23ClN2O3. The van der Waals surface area contributed by atoms with Gasteiger partial charge in [-0.3, -0.25) is 4.79 Å². The second kappa shape index (κ2) is 7.40. The quantitative estimate of drug-likeness (QED) is 0.679. The molecule has 146 valence electrons. The van der Waals surface area contributed by atoms with Gasteiger partial charge in [0.15, 0.2) is 6.61 Å². The molecule has 0 fully saturated rings. The SMILES string of the molecule is COc1ccc2[nH]c3c(c2c1)CC(NC(=O)COc1cc(C)c(Cl)c(C)c1)C3. The second-order valence-corrected chi connectivity index (χ2v) is 7.70. The summed E-state index contributed by atoms with van der Waals surface area (Å²) in [4.78, 5) is 15.8. The summed E-state index contributed by atoms with van der Waals surface area (Å²) in [6.45, 7) is 3.83. The first-order chi connectivity index (χ1) is 13.4. The van der Waals surface area contributed by atoms with Gasteiger partial charge in [-0.25, -0.2) is 0 Å². The average Bonchev–Trinajstić information content (AvgIpc) is 3.21. The molecule has 1 unspecified atom stereocenters. The third-order valence-corrected chi connectivity index (χ3v) is 5.84. The van der Waals surface area contributed by atoms with Gasteiger partial charge in [0.05, 0.1) is 7.11 Å². The van der Waals surface area contributed by atoms with Crippen molar-refractivity contribution in [2.24, 2.45) is 0 Å². The normalized spacial score (nSPS) is 15.5. The number of hydrogen-bond acceptors (Lipinski definition) is 3. The molecule has 0 saturated carbocycles. The first kappa shape index (κ1) is 18.7. The molecule has 3 aromatic rings. The lowest BCUT2D eigenvalue weighted by atomic mass is 10.1. The Hall–Kier alpha value is -2.66. The molecule has 6 heteroatoms. The zero-order valence-electron chi connectivity index (χ0n) is 16.2. The van der Waals surface area contributed by atoms with E-state index in [4.69, 9.17) is 21.1 Å². The molecule has 1 amide bonds. The van der Waals surface area contributed by atoms with Crippen LogP contribution in [0.2, 0.25) is 5.02 Å². The largest absolute Gasteiger partial charge is 0.497 e. The van der Waals surface area contributed by atoms with Crippen molar-refractivity contribution in [3.05, 3.63) is 57.7 Å². The van der Waals surface area contributed by atoms with E-state index < -0.39 is 0 Å². The third kappa shape index (κ3) is 3.54. The van der Waals surface area contributed by atoms with Crippen molar-refractivity contribution in [1.29, 1.82) is 0 Å². The summed E-state index contributed by atoms with van der Waals surface area (Å²) in [7, 11) is 1.67. The second-order valence-electron chi connectivity index (χ2n) is 7.33. The van der Waals surface area contributed by atoms with E-state index in [1.807, 2.05) is 44.2 Å². The molecule has 5 nitrogen and oxygen atoms in total. The first-order valence-electron chi connectivity index (χ1n) is 9.31. The Kier molecular flexibility index (Phi) is 4.94. The Morgan fingerprint density at radius 3 is 2.64 bits per heavy atom. The van der Waals surface area contributed by atoms with E-state index in [9.17, 15) is 4.79 Å². The van der Waals surface area contributed by atoms with Gasteiger partial charge in [0.1, 0.15) is 11.5 Å². The van der Waals surface area contributed by atoms with Gasteiger partial charge in [-0.2, -0.15) is 0 Å². The van der Waals surface area contributed by atoms with Crippen molar-refractivity contribution >= 4 is 28.4 Å². The molecule has 0 bridgehead atoms. The molecule has 1 heterocycles. The Labute approximate surface area is 169 Å². The zero-order valence-corrected chi connectivity index (χ0v) is 16.9. The molecule has 1 aliphatic rings. The van der Waals surface area contributed by atoms with Crippen LogP contribution in [-0.2, 0) is 17.6 Å². The van der Waals surface area contributed by atoms with Crippen molar-refractivity contribution in [1.82, 2.24) is 10.3 Å². The van der Waals surface area contributed by atoms with Gasteiger partial charge >= 0.3 is 0 Å². The van der Waals surface area contributed by atoms with Crippen LogP contribution in [0.3, 0.4) is 0 Å². The van der Waals surface area contributed by atoms with Gasteiger partial charge in [-0.15, -0.1) is 0 Å². The maximum Gasteiger partial charge on any atom is 0.258 e. The summed E-state index contributed by atoms with van der Waals surface area (Å²) in [5, 5.41) is 4.97. The van der Waals surface area contributed by atoms with E-state index in [-0.39, 0.29) is 18.6 Å². The number of hydrogen-bond donors (Lipinski definition) is 2. The molecule has 0 aliphatic heterocycles. The average molecular weight is 399 g/mol. The van der Waals surface area contributed by atoms with Crippen molar-refractivity contribution in [2.75, 3.05) is 13.7 Å². The highest BCUT2D eigenvalue weighted by Gasteiger charge is 2.27. The maximum atomic E-state index is 12.4. The van der Waals surface area contributed by atoms with Gasteiger partial charge in [0.2, 0.25) is 0 Å². The first-order valence-corrected chi connectivity index (χ1v) is 9.68. The summed E-state index contributed by atoms with van der Waals surface area (Å²) < 4.78 is 11.0. The molecule has 1 aliphatic carbocycles. The number of aryl methyl sites for hydroxylation is 2. The number of methoxy groups -OCH3 is 1. The summed E-state index contributed by atoms with van der Waals surface area (Å²) in [6.07, 6.45) is 1.59. The number of nitrogens with one attached hydrogen (secondary N) is 2. The van der Waals surface area contributed by atoms with E-state index in [0.717, 1.165) is 45.6 Å². The molecule has 1 aromatic heterocycles. The van der Waals surface area contributed by atoms with Gasteiger partial charge < -0.3 is 19.8 Å². The molecule has 0 saturated heterocycles. The minimum absolute atomic E-state index is 0.0144. The van der Waals surface area contributed by atoms with Crippen LogP contribution in [0.1, 0.15) is 22.4 Å². The lowest BCUT2D eigenvalue weighted by Gasteiger charge is -2.14. The number of fused-ring (bicyclic) bond motifs is 3. The number of carbonyl (C=O) groups excluding carboxylic acids is 1. The van der Waals surface area contributed by atoms with E-state index >= 15 is 0 Å². The molecule has 4 rings (SSSR count). The Balaban J connectivity index is 1.38. The highest BCUT2D eigenvalue weighted by Crippen LogP contribution is 2.32. The number of amides is 1. The van der Waals surface area contributed by atoms with Gasteiger partial charge in [0.25, 0.3) is 5.91 Å². The Morgan fingerprint density at radius 1 is 1.18 bits per heavy atom. The van der Waals surface area contributed by atoms with E-state index in [2.05, 4.69) is 10.3 Å². The van der Waals surface area contributed by atoms with Crippen LogP contribution >= 0.6 is 11.6 Å². The minimum Gasteiger partial charge on any atom is -0.497 e. The fraction of sp³-hybridized carbons (Fsp3) is 0.318. The van der Waals surface area contributed by atoms with Gasteiger partial charge in [-0.05, 0) is 67.3 Å². The van der Waals surface area contributed by atoms with Crippen molar-refractivity contribution in [3.8, 4) is 11.5 Å². The van der Waals surface area contributed by atoms with Crippen LogP contribution in [0.5, 0.6) is 11.5 Å². The number of aromatic amines is 1. The number of carbonyl (C=O) groups is 1. The van der Waals surface area contributed by atoms with E-state index in [0.29, 0.717) is 5.75 Å². The smallest absolute Gasteiger partial charge is 0.258 e. The van der Waals surface area contributed by atoms with Crippen molar-refractivity contribution < 1.29 is 14.3 Å². The highest BCUT2D eigenvalue weighted by molar-refractivity contribution is 6.32. The zero-order chi connectivity index (χ0) is 19.8. The fourth-order valence-electron chi connectivity index (χ4n) is 3.89. The van der Waals surface area contributed by atoms with Gasteiger partial charge in [-0.1, -0.05) is 11.6 Å². The number of rotatable bonds is 5. The van der Waals surface area contributed by atoms with Crippen LogP contribution in [0.4, 0.5) is 0 Å². The molecule has 28 heavy (non-hydrogen) atoms. The van der Waals surface area contributed by atoms with Gasteiger partial charge in [0, 0.05) is 34.1 Å². The topological polar surface area (TPSA) is 63.3 Å². The monoisotopic (exact) mass is 398 g/mol. The minimum atomic E-state index is -0.123. The summed E-state index contributed by atoms with van der Waals surface area (Å²) in [6, 6.07) is 9.80. The standard InChI is InChI=1S/C22H23ClN2O3/c1-12-6-16(7-13(2)22(12)23)28-11-21(26)24-14-8-17-18-10-15(27-3)4-5-19(18)25-20(17)9-14/h4-7,10,14,25H,8-9,11H2,1-3H3,(H,24,26). The molecule has 1 atom stereocenters. The Morgan fingerprint density at radius 2 is 1.93 bits per heavy atom. The molecule has 0 spiro atoms. The fourth-order valence-corrected chi connectivity index (χ4v) is 4.00. The lowest BCUT2D eigenvalue weighted by Crippen LogP contribution is -2.38. The Bertz CT molecular complexity index is 1030. The number of aromatic nitrogens is 1. The van der Waals surface area contributed by atoms with Crippen LogP contribution in [-0.4, -0.2) is 30.6 Å². The maximum absolute atomic E-state index is 12.4. The summed E-state index contributed by atoms with van der Waals surface area (Å²) in [5.41, 5.74) is 5.41. The molecular weight excluding hydrogens is 376 g/mol. The summed E-state index contributed by atoms with van der Waals surface area (Å²) >= 11 is 6.17. The third-order valence-electron chi connectivity index (χ3n) is 5.25. The number of H-pyrrole nitrogens is 1. The van der Waals surface area contributed by atoms with Crippen LogP contribution in [0.25, 0.3) is 10.9 Å². The molecule has 2 N–H and O–H groups in total. The number of benzene rings is 2. The highest BCUT2D eigenvalue weighted by atomic mass is 35.5. The predicted octanol–water partition coefficient (Wildman–Crippen LogP) is 4.11. The number of ether oxygens (including phenoxy) is 2. The van der Waals surface area contributed by atoms with Crippen LogP contribution in [0.15, 0.2) is 30.3 Å². The van der Waals surface area contributed by atoms with Crippen LogP contribution in [0, 0.1) is 13.8 Å². The predicted molar refractivity (Wildman–Crippen MR) is 111 cm³/mol. The lowest BCUT2D eigenvalue weighted by molar-refractivity contribution is -0.123. The number of halogens is 1. The van der Waals surface area contributed by atoms with E-state index in [1.165, 1.54) is 11.3 Å². The van der Waals surface area contributed by atoms with E-state index in [1.54, 1.807) is 7.11 Å². The van der Waals surface area contributed by atoms with Crippen LogP contribution < -0.4 is 14.8 Å². The summed E-state index contributed by atoms with van der Waals surface area (Å²) in [5.74, 6) is 1.37. The molecule has 0 radical (unpaired) electrons.